The van der Waals surface area contributed by atoms with Crippen molar-refractivity contribution >= 4 is 33.4 Å². The van der Waals surface area contributed by atoms with Crippen LogP contribution in [0.5, 0.6) is 11.5 Å². The molecule has 3 aliphatic rings. The molecule has 3 aliphatic heterocycles. The summed E-state index contributed by atoms with van der Waals surface area (Å²) in [6, 6.07) is 11.7. The number of sulfonamides is 1. The smallest absolute Gasteiger partial charge is 0.254 e. The lowest BCUT2D eigenvalue weighted by atomic mass is 10.1. The first kappa shape index (κ1) is 34.3. The van der Waals surface area contributed by atoms with Crippen LogP contribution < -0.4 is 15.0 Å². The highest BCUT2D eigenvalue weighted by Crippen LogP contribution is 2.29. The Balaban J connectivity index is 1.32. The number of benzene rings is 2. The Labute approximate surface area is 284 Å². The predicted molar refractivity (Wildman–Crippen MR) is 178 cm³/mol. The second kappa shape index (κ2) is 14.5. The first-order valence-corrected chi connectivity index (χ1v) is 18.0. The molecule has 2 fully saturated rings. The maximum atomic E-state index is 14.8. The lowest BCUT2D eigenvalue weighted by Crippen LogP contribution is -2.49. The highest BCUT2D eigenvalue weighted by Gasteiger charge is 2.39. The van der Waals surface area contributed by atoms with Crippen molar-refractivity contribution in [1.82, 2.24) is 24.4 Å². The van der Waals surface area contributed by atoms with Crippen molar-refractivity contribution in [3.8, 4) is 11.5 Å². The first-order chi connectivity index (χ1) is 23.5. The van der Waals surface area contributed by atoms with Gasteiger partial charge in [-0.15, -0.1) is 0 Å². The Morgan fingerprint density at radius 3 is 2.53 bits per heavy atom. The SMILES string of the molecule is CCCN1CC(=O)N[C@@H]2CN(S(C)(=O)=O)C[C@H]2OCc2cc(F)cc(c2)Oc2cc(C(=O)N3CCN(c4cccnc4)CC3)cc(c2)C1=O. The second-order valence-corrected chi connectivity index (χ2v) is 14.4. The van der Waals surface area contributed by atoms with Crippen molar-refractivity contribution < 1.29 is 36.7 Å². The minimum absolute atomic E-state index is 0.0000577. The number of anilines is 1. The number of fused-ring (bicyclic) bond motifs is 5. The van der Waals surface area contributed by atoms with Crippen LogP contribution in [0, 0.1) is 5.82 Å². The molecule has 4 heterocycles. The monoisotopic (exact) mass is 694 g/mol. The van der Waals surface area contributed by atoms with Gasteiger partial charge in [0, 0.05) is 69.2 Å². The van der Waals surface area contributed by atoms with E-state index >= 15 is 0 Å². The molecular weight excluding hydrogens is 655 g/mol. The average Bonchev–Trinajstić information content (AvgIpc) is 3.49. The third kappa shape index (κ3) is 8.17. The molecule has 15 heteroatoms. The number of nitrogens with zero attached hydrogens (tertiary/aromatic N) is 5. The van der Waals surface area contributed by atoms with E-state index in [0.717, 1.165) is 11.9 Å². The molecule has 49 heavy (non-hydrogen) atoms. The molecule has 13 nitrogen and oxygen atoms in total. The quantitative estimate of drug-likeness (QED) is 0.427. The van der Waals surface area contributed by atoms with Gasteiger partial charge < -0.3 is 29.5 Å². The van der Waals surface area contributed by atoms with Crippen LogP contribution in [0.15, 0.2) is 60.9 Å². The minimum Gasteiger partial charge on any atom is -0.457 e. The number of amides is 3. The van der Waals surface area contributed by atoms with Gasteiger partial charge in [-0.2, -0.15) is 4.31 Å². The van der Waals surface area contributed by atoms with E-state index in [2.05, 4.69) is 15.2 Å². The Bertz CT molecular complexity index is 1820. The van der Waals surface area contributed by atoms with Crippen LogP contribution >= 0.6 is 0 Å². The molecule has 2 atom stereocenters. The number of aromatic nitrogens is 1. The highest BCUT2D eigenvalue weighted by atomic mass is 32.2. The second-order valence-electron chi connectivity index (χ2n) is 12.5. The van der Waals surface area contributed by atoms with Crippen molar-refractivity contribution in [1.29, 1.82) is 0 Å². The van der Waals surface area contributed by atoms with Crippen molar-refractivity contribution in [2.24, 2.45) is 0 Å². The molecule has 0 radical (unpaired) electrons. The van der Waals surface area contributed by atoms with Crippen molar-refractivity contribution in [3.05, 3.63) is 83.4 Å². The van der Waals surface area contributed by atoms with E-state index in [1.807, 2.05) is 19.1 Å². The van der Waals surface area contributed by atoms with Gasteiger partial charge in [0.05, 0.1) is 43.4 Å². The van der Waals surface area contributed by atoms with E-state index in [1.165, 1.54) is 39.5 Å². The van der Waals surface area contributed by atoms with Crippen LogP contribution in [0.1, 0.15) is 39.6 Å². The van der Waals surface area contributed by atoms with Gasteiger partial charge >= 0.3 is 0 Å². The maximum absolute atomic E-state index is 14.8. The Morgan fingerprint density at radius 1 is 1.04 bits per heavy atom. The summed E-state index contributed by atoms with van der Waals surface area (Å²) in [6.07, 6.45) is 4.39. The zero-order valence-electron chi connectivity index (χ0n) is 27.4. The van der Waals surface area contributed by atoms with Crippen LogP contribution in [0.25, 0.3) is 0 Å². The number of carbonyl (C=O) groups is 3. The summed E-state index contributed by atoms with van der Waals surface area (Å²) in [5.41, 5.74) is 1.72. The Kier molecular flexibility index (Phi) is 10.1. The number of ether oxygens (including phenoxy) is 2. The first-order valence-electron chi connectivity index (χ1n) is 16.2. The van der Waals surface area contributed by atoms with E-state index in [-0.39, 0.29) is 61.3 Å². The zero-order valence-corrected chi connectivity index (χ0v) is 28.2. The molecule has 0 saturated carbocycles. The van der Waals surface area contributed by atoms with Gasteiger partial charge in [0.15, 0.2) is 0 Å². The molecule has 0 spiro atoms. The van der Waals surface area contributed by atoms with Crippen molar-refractivity contribution in [2.75, 3.05) is 63.5 Å². The average molecular weight is 695 g/mol. The minimum atomic E-state index is -3.59. The van der Waals surface area contributed by atoms with Gasteiger partial charge in [0.25, 0.3) is 11.8 Å². The fraction of sp³-hybridized carbons (Fsp3) is 0.412. The zero-order chi connectivity index (χ0) is 34.7. The molecule has 2 aromatic carbocycles. The molecule has 3 aromatic rings. The number of pyridine rings is 1. The standard InChI is InChI=1S/C34H39FN6O7S/c1-3-7-40-21-32(42)37-30-19-41(49(2,45)46)20-31(30)47-22-23-12-26(35)17-28(13-23)48-29-15-24(14-25(16-29)34(40)44)33(43)39-10-8-38(9-11-39)27-5-4-6-36-18-27/h4-6,12-18,30-31H,3,7-11,19-22H2,1-2H3,(H,37,42)/t30-,31-/m1/s1. The lowest BCUT2D eigenvalue weighted by molar-refractivity contribution is -0.123. The van der Waals surface area contributed by atoms with Gasteiger partial charge in [-0.05, 0) is 54.4 Å². The number of hydrogen-bond acceptors (Lipinski definition) is 9. The molecule has 1 N–H and O–H groups in total. The van der Waals surface area contributed by atoms with E-state index in [0.29, 0.717) is 38.2 Å². The van der Waals surface area contributed by atoms with Crippen LogP contribution in [0.3, 0.4) is 0 Å². The number of nitrogens with one attached hydrogen (secondary N) is 1. The highest BCUT2D eigenvalue weighted by molar-refractivity contribution is 7.88. The van der Waals surface area contributed by atoms with E-state index in [1.54, 1.807) is 23.4 Å². The normalized spacial score (nSPS) is 20.8. The van der Waals surface area contributed by atoms with Crippen LogP contribution in [-0.4, -0.2) is 116 Å². The van der Waals surface area contributed by atoms with Gasteiger partial charge in [0.2, 0.25) is 15.9 Å². The number of carbonyl (C=O) groups excluding carboxylic acids is 3. The number of rotatable bonds is 5. The van der Waals surface area contributed by atoms with Gasteiger partial charge in [-0.25, -0.2) is 12.8 Å². The van der Waals surface area contributed by atoms with Crippen molar-refractivity contribution in [3.63, 3.8) is 0 Å². The third-order valence-electron chi connectivity index (χ3n) is 8.77. The fourth-order valence-electron chi connectivity index (χ4n) is 6.35. The van der Waals surface area contributed by atoms with E-state index in [9.17, 15) is 27.2 Å². The van der Waals surface area contributed by atoms with Gasteiger partial charge in [0.1, 0.15) is 17.3 Å². The number of hydrogen-bond donors (Lipinski definition) is 1. The van der Waals surface area contributed by atoms with Crippen LogP contribution in [0.2, 0.25) is 0 Å². The topological polar surface area (TPSA) is 142 Å². The van der Waals surface area contributed by atoms with Crippen LogP contribution in [-0.2, 0) is 26.2 Å². The summed E-state index contributed by atoms with van der Waals surface area (Å²) in [6.45, 7) is 3.78. The Hall–Kier alpha value is -4.60. The van der Waals surface area contributed by atoms with Crippen LogP contribution in [0.4, 0.5) is 10.1 Å². The summed E-state index contributed by atoms with van der Waals surface area (Å²) in [4.78, 5) is 50.6. The predicted octanol–water partition coefficient (Wildman–Crippen LogP) is 2.49. The fourth-order valence-corrected chi connectivity index (χ4v) is 7.20. The molecule has 6 rings (SSSR count). The van der Waals surface area contributed by atoms with Crippen molar-refractivity contribution in [2.45, 2.75) is 32.1 Å². The molecular formula is C34H39FN6O7S. The summed E-state index contributed by atoms with van der Waals surface area (Å²) >= 11 is 0. The summed E-state index contributed by atoms with van der Waals surface area (Å²) in [5, 5.41) is 2.85. The molecule has 3 amide bonds. The summed E-state index contributed by atoms with van der Waals surface area (Å²) in [5.74, 6) is -1.62. The lowest BCUT2D eigenvalue weighted by Gasteiger charge is -2.36. The Morgan fingerprint density at radius 2 is 1.82 bits per heavy atom. The van der Waals surface area contributed by atoms with Gasteiger partial charge in [-0.3, -0.25) is 19.4 Å². The molecule has 4 bridgehead atoms. The molecule has 2 saturated heterocycles. The van der Waals surface area contributed by atoms with Gasteiger partial charge in [-0.1, -0.05) is 6.92 Å². The molecule has 0 aliphatic carbocycles. The number of halogens is 1. The molecule has 0 unspecified atom stereocenters. The number of piperazine rings is 1. The maximum Gasteiger partial charge on any atom is 0.254 e. The molecule has 260 valence electrons. The van der Waals surface area contributed by atoms with E-state index < -0.39 is 39.8 Å². The summed E-state index contributed by atoms with van der Waals surface area (Å²) in [7, 11) is -3.59. The molecule has 1 aromatic heterocycles. The third-order valence-corrected chi connectivity index (χ3v) is 10.0. The van der Waals surface area contributed by atoms with E-state index in [4.69, 9.17) is 9.47 Å². The summed E-state index contributed by atoms with van der Waals surface area (Å²) < 4.78 is 52.9. The largest absolute Gasteiger partial charge is 0.457 e.